The molecule has 0 aliphatic heterocycles. The van der Waals surface area contributed by atoms with Crippen LogP contribution in [0.5, 0.6) is 5.75 Å². The molecule has 6 nitrogen and oxygen atoms in total. The molecule has 142 valence electrons. The average molecular weight is 395 g/mol. The van der Waals surface area contributed by atoms with Gasteiger partial charge in [0.05, 0.1) is 5.69 Å². The molecule has 3 aromatic heterocycles. The minimum atomic E-state index is -0.298. The molecule has 0 saturated heterocycles. The Bertz CT molecular complexity index is 1060. The van der Waals surface area contributed by atoms with Gasteiger partial charge in [0.2, 0.25) is 0 Å². The maximum atomic E-state index is 13.0. The van der Waals surface area contributed by atoms with E-state index in [2.05, 4.69) is 21.8 Å². The van der Waals surface area contributed by atoms with Crippen LogP contribution < -0.4 is 4.74 Å². The zero-order valence-corrected chi connectivity index (χ0v) is 15.8. The summed E-state index contributed by atoms with van der Waals surface area (Å²) in [5, 5.41) is 9.30. The summed E-state index contributed by atoms with van der Waals surface area (Å²) in [6.45, 7) is 4.62. The Labute approximate surface area is 165 Å². The van der Waals surface area contributed by atoms with Crippen molar-refractivity contribution in [3.63, 3.8) is 0 Å². The standard InChI is InChI=1S/C20H18FN5OS/c1-2-10-26-19(13-27-17-8-6-15(21)7-9-17)23-24-20(26)28-14-16-12-25-11-4-3-5-18(25)22-16/h2-9,11-12H,1,10,13-14H2. The van der Waals surface area contributed by atoms with Gasteiger partial charge in [0, 0.05) is 24.7 Å². The van der Waals surface area contributed by atoms with Crippen molar-refractivity contribution in [2.75, 3.05) is 0 Å². The minimum absolute atomic E-state index is 0.237. The fourth-order valence-corrected chi connectivity index (χ4v) is 3.57. The molecular weight excluding hydrogens is 377 g/mol. The van der Waals surface area contributed by atoms with Gasteiger partial charge in [-0.15, -0.1) is 16.8 Å². The molecule has 4 aromatic rings. The summed E-state index contributed by atoms with van der Waals surface area (Å²) >= 11 is 1.56. The first-order valence-corrected chi connectivity index (χ1v) is 9.68. The summed E-state index contributed by atoms with van der Waals surface area (Å²) in [5.74, 6) is 1.64. The fraction of sp³-hybridized carbons (Fsp3) is 0.150. The lowest BCUT2D eigenvalue weighted by atomic mass is 10.3. The van der Waals surface area contributed by atoms with Gasteiger partial charge in [0.15, 0.2) is 11.0 Å². The number of imidazole rings is 1. The first-order chi connectivity index (χ1) is 13.7. The lowest BCUT2D eigenvalue weighted by Gasteiger charge is -2.09. The molecule has 0 unspecified atom stereocenters. The minimum Gasteiger partial charge on any atom is -0.486 e. The van der Waals surface area contributed by atoms with Gasteiger partial charge < -0.3 is 9.14 Å². The van der Waals surface area contributed by atoms with Crippen molar-refractivity contribution in [2.24, 2.45) is 0 Å². The van der Waals surface area contributed by atoms with Crippen LogP contribution in [0.4, 0.5) is 4.39 Å². The van der Waals surface area contributed by atoms with Crippen molar-refractivity contribution in [1.29, 1.82) is 0 Å². The molecule has 28 heavy (non-hydrogen) atoms. The molecular formula is C20H18FN5OS. The van der Waals surface area contributed by atoms with E-state index in [-0.39, 0.29) is 12.4 Å². The Morgan fingerprint density at radius 1 is 1.14 bits per heavy atom. The van der Waals surface area contributed by atoms with Crippen LogP contribution in [0.2, 0.25) is 0 Å². The third-order valence-corrected chi connectivity index (χ3v) is 5.05. The van der Waals surface area contributed by atoms with Crippen LogP contribution in [0.15, 0.2) is 72.7 Å². The van der Waals surface area contributed by atoms with Crippen LogP contribution >= 0.6 is 11.8 Å². The normalized spacial score (nSPS) is 11.0. The second kappa shape index (κ2) is 8.26. The highest BCUT2D eigenvalue weighted by Gasteiger charge is 2.13. The first-order valence-electron chi connectivity index (χ1n) is 8.69. The smallest absolute Gasteiger partial charge is 0.191 e. The largest absolute Gasteiger partial charge is 0.486 e. The molecule has 0 fully saturated rings. The number of halogens is 1. The number of allylic oxidation sites excluding steroid dienone is 1. The van der Waals surface area contributed by atoms with Crippen molar-refractivity contribution in [3.8, 4) is 5.75 Å². The Morgan fingerprint density at radius 2 is 2.00 bits per heavy atom. The fourth-order valence-electron chi connectivity index (χ4n) is 2.72. The van der Waals surface area contributed by atoms with E-state index in [9.17, 15) is 4.39 Å². The summed E-state index contributed by atoms with van der Waals surface area (Å²) in [6, 6.07) is 11.8. The highest BCUT2D eigenvalue weighted by molar-refractivity contribution is 7.98. The maximum Gasteiger partial charge on any atom is 0.191 e. The number of benzene rings is 1. The number of hydrogen-bond donors (Lipinski definition) is 0. The third kappa shape index (κ3) is 4.07. The summed E-state index contributed by atoms with van der Waals surface area (Å²) < 4.78 is 22.7. The number of aromatic nitrogens is 5. The van der Waals surface area contributed by atoms with E-state index in [1.54, 1.807) is 30.0 Å². The second-order valence-corrected chi connectivity index (χ2v) is 6.97. The van der Waals surface area contributed by atoms with E-state index >= 15 is 0 Å². The summed E-state index contributed by atoms with van der Waals surface area (Å²) in [4.78, 5) is 4.60. The van der Waals surface area contributed by atoms with Crippen LogP contribution in [0, 0.1) is 5.82 Å². The molecule has 0 aliphatic rings. The van der Waals surface area contributed by atoms with E-state index in [0.29, 0.717) is 23.9 Å². The van der Waals surface area contributed by atoms with Crippen molar-refractivity contribution >= 4 is 17.4 Å². The van der Waals surface area contributed by atoms with Gasteiger partial charge in [0.25, 0.3) is 0 Å². The monoisotopic (exact) mass is 395 g/mol. The molecule has 0 saturated carbocycles. The van der Waals surface area contributed by atoms with Crippen molar-refractivity contribution < 1.29 is 9.13 Å². The summed E-state index contributed by atoms with van der Waals surface area (Å²) in [7, 11) is 0. The maximum absolute atomic E-state index is 13.0. The van der Waals surface area contributed by atoms with Crippen molar-refractivity contribution in [2.45, 2.75) is 24.1 Å². The van der Waals surface area contributed by atoms with Gasteiger partial charge in [-0.3, -0.25) is 4.57 Å². The lowest BCUT2D eigenvalue weighted by Crippen LogP contribution is -2.07. The predicted molar refractivity (Wildman–Crippen MR) is 106 cm³/mol. The van der Waals surface area contributed by atoms with Crippen LogP contribution in [0.3, 0.4) is 0 Å². The number of ether oxygens (including phenoxy) is 1. The van der Waals surface area contributed by atoms with Crippen LogP contribution in [-0.4, -0.2) is 24.1 Å². The molecule has 8 heteroatoms. The highest BCUT2D eigenvalue weighted by Crippen LogP contribution is 2.23. The molecule has 0 aliphatic carbocycles. The molecule has 3 heterocycles. The predicted octanol–water partition coefficient (Wildman–Crippen LogP) is 4.12. The number of fused-ring (bicyclic) bond motifs is 1. The topological polar surface area (TPSA) is 57.2 Å². The van der Waals surface area contributed by atoms with Gasteiger partial charge >= 0.3 is 0 Å². The Kier molecular flexibility index (Phi) is 5.38. The van der Waals surface area contributed by atoms with Gasteiger partial charge in [-0.2, -0.15) is 0 Å². The van der Waals surface area contributed by atoms with E-state index in [1.165, 1.54) is 12.1 Å². The van der Waals surface area contributed by atoms with Crippen molar-refractivity contribution in [1.82, 2.24) is 24.1 Å². The van der Waals surface area contributed by atoms with E-state index in [1.807, 2.05) is 39.6 Å². The SMILES string of the molecule is C=CCn1c(COc2ccc(F)cc2)nnc1SCc1cn2ccccc2n1. The average Bonchev–Trinajstić information content (AvgIpc) is 3.30. The second-order valence-electron chi connectivity index (χ2n) is 6.03. The molecule has 0 radical (unpaired) electrons. The van der Waals surface area contributed by atoms with Crippen molar-refractivity contribution in [3.05, 3.63) is 84.8 Å². The summed E-state index contributed by atoms with van der Waals surface area (Å²) in [5.41, 5.74) is 1.88. The van der Waals surface area contributed by atoms with E-state index in [0.717, 1.165) is 16.5 Å². The molecule has 1 aromatic carbocycles. The summed E-state index contributed by atoms with van der Waals surface area (Å²) in [6.07, 6.45) is 5.77. The molecule has 0 bridgehead atoms. The van der Waals surface area contributed by atoms with Gasteiger partial charge in [0.1, 0.15) is 23.8 Å². The molecule has 0 atom stereocenters. The molecule has 0 amide bonds. The zero-order valence-electron chi connectivity index (χ0n) is 15.0. The number of hydrogen-bond acceptors (Lipinski definition) is 5. The van der Waals surface area contributed by atoms with Gasteiger partial charge in [-0.25, -0.2) is 9.37 Å². The van der Waals surface area contributed by atoms with Crippen LogP contribution in [-0.2, 0) is 18.9 Å². The molecule has 0 spiro atoms. The number of thioether (sulfide) groups is 1. The Balaban J connectivity index is 1.46. The molecule has 4 rings (SSSR count). The third-order valence-electron chi connectivity index (χ3n) is 4.05. The van der Waals surface area contributed by atoms with Crippen LogP contribution in [0.1, 0.15) is 11.5 Å². The quantitative estimate of drug-likeness (QED) is 0.332. The number of pyridine rings is 1. The van der Waals surface area contributed by atoms with Gasteiger partial charge in [-0.05, 0) is 36.4 Å². The van der Waals surface area contributed by atoms with E-state index < -0.39 is 0 Å². The number of rotatable bonds is 8. The van der Waals surface area contributed by atoms with Gasteiger partial charge in [-0.1, -0.05) is 23.9 Å². The van der Waals surface area contributed by atoms with Crippen LogP contribution in [0.25, 0.3) is 5.65 Å². The number of nitrogens with zero attached hydrogens (tertiary/aromatic N) is 5. The zero-order chi connectivity index (χ0) is 19.3. The van der Waals surface area contributed by atoms with E-state index in [4.69, 9.17) is 4.74 Å². The Morgan fingerprint density at radius 3 is 2.79 bits per heavy atom. The Hall–Kier alpha value is -3.13. The highest BCUT2D eigenvalue weighted by atomic mass is 32.2. The lowest BCUT2D eigenvalue weighted by molar-refractivity contribution is 0.288. The molecule has 0 N–H and O–H groups in total. The first kappa shape index (κ1) is 18.2.